The highest BCUT2D eigenvalue weighted by Crippen LogP contribution is 2.42. The highest BCUT2D eigenvalue weighted by atomic mass is 32.1. The Balaban J connectivity index is 2.07. The van der Waals surface area contributed by atoms with Crippen LogP contribution in [0.4, 0.5) is 10.2 Å². The number of hydrogen-bond donors (Lipinski definition) is 3. The Morgan fingerprint density at radius 2 is 1.83 bits per heavy atom. The van der Waals surface area contributed by atoms with E-state index in [2.05, 4.69) is 9.97 Å². The van der Waals surface area contributed by atoms with Gasteiger partial charge >= 0.3 is 0 Å². The van der Waals surface area contributed by atoms with E-state index in [1.807, 2.05) is 0 Å². The van der Waals surface area contributed by atoms with Crippen LogP contribution in [0.2, 0.25) is 0 Å². The fourth-order valence-corrected chi connectivity index (χ4v) is 3.32. The summed E-state index contributed by atoms with van der Waals surface area (Å²) in [7, 11) is 0. The van der Waals surface area contributed by atoms with Gasteiger partial charge in [0.1, 0.15) is 11.6 Å². The van der Waals surface area contributed by atoms with Gasteiger partial charge < -0.3 is 15.9 Å². The van der Waals surface area contributed by atoms with Crippen LogP contribution in [-0.4, -0.2) is 24.6 Å². The molecule has 4 rings (SSSR count). The predicted molar refractivity (Wildman–Crippen MR) is 89.4 cm³/mol. The first-order valence-electron chi connectivity index (χ1n) is 6.95. The number of nitrogens with two attached hydrogens (primary N) is 1. The summed E-state index contributed by atoms with van der Waals surface area (Å²) in [6.45, 7) is 0. The number of aromatic nitrogens is 3. The second-order valence-electron chi connectivity index (χ2n) is 5.13. The van der Waals surface area contributed by atoms with Gasteiger partial charge in [-0.05, 0) is 36.4 Å². The predicted octanol–water partition coefficient (Wildman–Crippen LogP) is 3.26. The van der Waals surface area contributed by atoms with Gasteiger partial charge in [0.05, 0.1) is 11.4 Å². The molecule has 0 aliphatic rings. The van der Waals surface area contributed by atoms with Gasteiger partial charge in [-0.2, -0.15) is 0 Å². The third-order valence-corrected chi connectivity index (χ3v) is 4.44. The Kier molecular flexibility index (Phi) is 3.14. The molecular formula is C16H11FN4O2S. The maximum atomic E-state index is 13.2. The van der Waals surface area contributed by atoms with Gasteiger partial charge in [0, 0.05) is 17.3 Å². The van der Waals surface area contributed by atoms with Crippen LogP contribution in [-0.2, 0) is 0 Å². The van der Waals surface area contributed by atoms with Gasteiger partial charge in [-0.1, -0.05) is 11.3 Å². The summed E-state index contributed by atoms with van der Waals surface area (Å²) in [6, 6.07) is 9.25. The van der Waals surface area contributed by atoms with E-state index < -0.39 is 0 Å². The van der Waals surface area contributed by atoms with Crippen LogP contribution in [0.5, 0.6) is 10.9 Å². The lowest BCUT2D eigenvalue weighted by Gasteiger charge is -2.06. The zero-order valence-corrected chi connectivity index (χ0v) is 13.0. The Hall–Kier alpha value is -3.13. The first-order valence-corrected chi connectivity index (χ1v) is 7.77. The van der Waals surface area contributed by atoms with Gasteiger partial charge in [-0.3, -0.25) is 0 Å². The minimum absolute atomic E-state index is 0.230. The molecule has 4 aromatic rings. The molecule has 0 fully saturated rings. The molecule has 1 aromatic carbocycles. The molecule has 4 N–H and O–H groups in total. The highest BCUT2D eigenvalue weighted by molar-refractivity contribution is 7.19. The molecule has 24 heavy (non-hydrogen) atoms. The number of rotatable bonds is 2. The number of nitrogen functional groups attached to an aromatic ring is 1. The van der Waals surface area contributed by atoms with Crippen LogP contribution in [0.1, 0.15) is 0 Å². The Labute approximate surface area is 139 Å². The van der Waals surface area contributed by atoms with Crippen molar-refractivity contribution in [3.63, 3.8) is 0 Å². The van der Waals surface area contributed by atoms with E-state index >= 15 is 0 Å². The molecule has 3 aromatic heterocycles. The number of fused-ring (bicyclic) bond motifs is 1. The highest BCUT2D eigenvalue weighted by Gasteiger charge is 2.22. The number of aromatic hydroxyl groups is 2. The molecule has 0 bridgehead atoms. The number of imidazole rings is 1. The average Bonchev–Trinajstić information content (AvgIpc) is 3.05. The molecule has 3 heterocycles. The molecule has 0 unspecified atom stereocenters. The molecule has 0 spiro atoms. The van der Waals surface area contributed by atoms with Crippen molar-refractivity contribution in [1.29, 1.82) is 0 Å². The normalized spacial score (nSPS) is 11.2. The second-order valence-corrected chi connectivity index (χ2v) is 6.09. The fraction of sp³-hybridized carbons (Fsp3) is 0. The molecule has 0 saturated carbocycles. The van der Waals surface area contributed by atoms with Crippen molar-refractivity contribution in [2.75, 3.05) is 5.73 Å². The van der Waals surface area contributed by atoms with Crippen molar-refractivity contribution in [1.82, 2.24) is 14.4 Å². The molecule has 0 atom stereocenters. The average molecular weight is 342 g/mol. The van der Waals surface area contributed by atoms with Crippen LogP contribution in [0.3, 0.4) is 0 Å². The molecule has 0 saturated heterocycles. The fourth-order valence-electron chi connectivity index (χ4n) is 2.56. The van der Waals surface area contributed by atoms with Crippen molar-refractivity contribution in [2.45, 2.75) is 0 Å². The number of hydrogen-bond acceptors (Lipinski definition) is 6. The summed E-state index contributed by atoms with van der Waals surface area (Å²) < 4.78 is 14.7. The number of pyridine rings is 1. The largest absolute Gasteiger partial charge is 0.496 e. The monoisotopic (exact) mass is 342 g/mol. The Bertz CT molecular complexity index is 1060. The zero-order valence-electron chi connectivity index (χ0n) is 12.1. The summed E-state index contributed by atoms with van der Waals surface area (Å²) in [5.74, 6) is -0.345. The quantitative estimate of drug-likeness (QED) is 0.519. The summed E-state index contributed by atoms with van der Waals surface area (Å²) in [4.78, 5) is 8.85. The van der Waals surface area contributed by atoms with Crippen LogP contribution in [0.15, 0.2) is 42.6 Å². The van der Waals surface area contributed by atoms with E-state index in [0.717, 1.165) is 11.3 Å². The smallest absolute Gasteiger partial charge is 0.253 e. The number of benzene rings is 1. The molecular weight excluding hydrogens is 331 g/mol. The van der Waals surface area contributed by atoms with E-state index in [0.29, 0.717) is 33.3 Å². The summed E-state index contributed by atoms with van der Waals surface area (Å²) in [6.07, 6.45) is 1.54. The first-order chi connectivity index (χ1) is 11.5. The van der Waals surface area contributed by atoms with Crippen LogP contribution in [0, 0.1) is 5.82 Å². The van der Waals surface area contributed by atoms with E-state index in [4.69, 9.17) is 5.73 Å². The maximum absolute atomic E-state index is 13.2. The molecule has 6 nitrogen and oxygen atoms in total. The van der Waals surface area contributed by atoms with Crippen LogP contribution < -0.4 is 5.73 Å². The van der Waals surface area contributed by atoms with Gasteiger partial charge in [0.15, 0.2) is 0 Å². The lowest BCUT2D eigenvalue weighted by Crippen LogP contribution is -1.93. The van der Waals surface area contributed by atoms with Gasteiger partial charge in [0.25, 0.3) is 5.88 Å². The van der Waals surface area contributed by atoms with Gasteiger partial charge in [0.2, 0.25) is 10.0 Å². The van der Waals surface area contributed by atoms with Crippen molar-refractivity contribution < 1.29 is 14.6 Å². The molecule has 8 heteroatoms. The van der Waals surface area contributed by atoms with E-state index in [1.165, 1.54) is 16.5 Å². The zero-order chi connectivity index (χ0) is 16.8. The topological polar surface area (TPSA) is 96.7 Å². The molecule has 0 aliphatic heterocycles. The number of nitrogens with zero attached hydrogens (tertiary/aromatic N) is 3. The summed E-state index contributed by atoms with van der Waals surface area (Å²) in [5, 5.41) is 19.7. The van der Waals surface area contributed by atoms with E-state index in [-0.39, 0.29) is 16.8 Å². The SMILES string of the molecule is Nc1cc(-c2c(-c3ccc(F)cc3)nc3sc(O)c(O)n23)ccn1. The second kappa shape index (κ2) is 5.20. The Morgan fingerprint density at radius 3 is 2.54 bits per heavy atom. The van der Waals surface area contributed by atoms with E-state index in [1.54, 1.807) is 30.5 Å². The molecule has 0 amide bonds. The van der Waals surface area contributed by atoms with Crippen molar-refractivity contribution >= 4 is 22.1 Å². The van der Waals surface area contributed by atoms with Crippen molar-refractivity contribution in [2.24, 2.45) is 0 Å². The summed E-state index contributed by atoms with van der Waals surface area (Å²) >= 11 is 0.947. The van der Waals surface area contributed by atoms with Crippen molar-refractivity contribution in [3.05, 3.63) is 48.4 Å². The van der Waals surface area contributed by atoms with Gasteiger partial charge in [-0.25, -0.2) is 18.8 Å². The summed E-state index contributed by atoms with van der Waals surface area (Å²) in [5.41, 5.74) is 8.19. The Morgan fingerprint density at radius 1 is 1.08 bits per heavy atom. The lowest BCUT2D eigenvalue weighted by molar-refractivity contribution is 0.397. The molecule has 120 valence electrons. The third kappa shape index (κ3) is 2.16. The van der Waals surface area contributed by atoms with Crippen LogP contribution in [0.25, 0.3) is 27.5 Å². The van der Waals surface area contributed by atoms with Crippen LogP contribution >= 0.6 is 11.3 Å². The lowest BCUT2D eigenvalue weighted by atomic mass is 10.1. The molecule has 0 aliphatic carbocycles. The van der Waals surface area contributed by atoms with E-state index in [9.17, 15) is 14.6 Å². The minimum Gasteiger partial charge on any atom is -0.496 e. The number of halogens is 1. The standard InChI is InChI=1S/C16H11FN4O2S/c17-10-3-1-8(2-4-10)12-13(9-5-6-19-11(18)7-9)21-14(22)15(23)24-16(21)20-12/h1-7,22-23H,(H2,18,19). The minimum atomic E-state index is -0.352. The first kappa shape index (κ1) is 14.5. The number of thiazole rings is 1. The third-order valence-electron chi connectivity index (χ3n) is 3.61. The van der Waals surface area contributed by atoms with Crippen molar-refractivity contribution in [3.8, 4) is 33.5 Å². The number of anilines is 1. The molecule has 0 radical (unpaired) electrons. The van der Waals surface area contributed by atoms with Gasteiger partial charge in [-0.15, -0.1) is 0 Å². The maximum Gasteiger partial charge on any atom is 0.253 e.